The molecular formula is C28H28F2N6O4S. The summed E-state index contributed by atoms with van der Waals surface area (Å²) in [7, 11) is -4.06. The van der Waals surface area contributed by atoms with Crippen molar-refractivity contribution in [1.29, 1.82) is 0 Å². The minimum Gasteiger partial charge on any atom is -0.393 e. The highest BCUT2D eigenvalue weighted by Gasteiger charge is 2.29. The van der Waals surface area contributed by atoms with Crippen LogP contribution in [-0.4, -0.2) is 70.8 Å². The molecule has 0 unspecified atom stereocenters. The number of aromatic amines is 1. The Morgan fingerprint density at radius 1 is 1.00 bits per heavy atom. The van der Waals surface area contributed by atoms with Crippen LogP contribution >= 0.6 is 0 Å². The summed E-state index contributed by atoms with van der Waals surface area (Å²) in [4.78, 5) is 27.4. The second kappa shape index (κ2) is 10.8. The van der Waals surface area contributed by atoms with Gasteiger partial charge in [-0.05, 0) is 56.0 Å². The molecule has 4 aromatic rings. The summed E-state index contributed by atoms with van der Waals surface area (Å²) in [5.41, 5.74) is 0.344. The van der Waals surface area contributed by atoms with Crippen LogP contribution in [0.15, 0.2) is 48.9 Å². The van der Waals surface area contributed by atoms with Crippen LogP contribution in [0.1, 0.15) is 41.6 Å². The molecule has 41 heavy (non-hydrogen) atoms. The number of aliphatic hydroxyl groups excluding tert-OH is 1. The average Bonchev–Trinajstić information content (AvgIpc) is 3.66. The smallest absolute Gasteiger partial charge is 0.301 e. The molecule has 2 fully saturated rings. The van der Waals surface area contributed by atoms with Crippen LogP contribution < -0.4 is 9.62 Å². The maximum atomic E-state index is 15.5. The number of piperidine rings is 1. The molecule has 0 spiro atoms. The second-order valence-electron chi connectivity index (χ2n) is 10.3. The predicted octanol–water partition coefficient (Wildman–Crippen LogP) is 3.85. The second-order valence-corrected chi connectivity index (χ2v) is 11.9. The van der Waals surface area contributed by atoms with Crippen LogP contribution in [0.3, 0.4) is 0 Å². The van der Waals surface area contributed by atoms with E-state index in [0.29, 0.717) is 68.5 Å². The highest BCUT2D eigenvalue weighted by molar-refractivity contribution is 7.90. The molecule has 3 N–H and O–H groups in total. The van der Waals surface area contributed by atoms with E-state index in [-0.39, 0.29) is 11.7 Å². The molecule has 2 aliphatic rings. The number of nitrogens with one attached hydrogen (secondary N) is 2. The number of benzene rings is 1. The van der Waals surface area contributed by atoms with Crippen LogP contribution in [0, 0.1) is 11.6 Å². The number of hydrogen-bond donors (Lipinski definition) is 3. The van der Waals surface area contributed by atoms with Crippen molar-refractivity contribution in [2.75, 3.05) is 35.8 Å². The Kier molecular flexibility index (Phi) is 7.18. The molecular weight excluding hydrogens is 554 g/mol. The van der Waals surface area contributed by atoms with Gasteiger partial charge < -0.3 is 15.0 Å². The van der Waals surface area contributed by atoms with Gasteiger partial charge in [0, 0.05) is 66.8 Å². The Morgan fingerprint density at radius 2 is 1.73 bits per heavy atom. The van der Waals surface area contributed by atoms with Gasteiger partial charge >= 0.3 is 10.2 Å². The van der Waals surface area contributed by atoms with E-state index in [2.05, 4.69) is 24.6 Å². The van der Waals surface area contributed by atoms with Crippen LogP contribution in [0.2, 0.25) is 0 Å². The van der Waals surface area contributed by atoms with Crippen molar-refractivity contribution in [2.24, 2.45) is 0 Å². The van der Waals surface area contributed by atoms with Gasteiger partial charge in [0.25, 0.3) is 0 Å². The summed E-state index contributed by atoms with van der Waals surface area (Å²) in [5, 5.41) is 10.1. The van der Waals surface area contributed by atoms with Crippen LogP contribution in [0.5, 0.6) is 0 Å². The van der Waals surface area contributed by atoms with E-state index in [1.807, 2.05) is 12.1 Å². The number of pyridine rings is 2. The molecule has 5 heterocycles. The molecule has 0 aliphatic carbocycles. The molecule has 2 saturated heterocycles. The van der Waals surface area contributed by atoms with Crippen molar-refractivity contribution < 1.29 is 27.1 Å². The lowest BCUT2D eigenvalue weighted by Crippen LogP contribution is -2.36. The number of H-pyrrole nitrogens is 1. The monoisotopic (exact) mass is 582 g/mol. The molecule has 2 aliphatic heterocycles. The fraction of sp³-hybridized carbons (Fsp3) is 0.321. The van der Waals surface area contributed by atoms with E-state index >= 15 is 4.39 Å². The lowest BCUT2D eigenvalue weighted by atomic mass is 10.00. The normalized spacial score (nSPS) is 16.9. The number of fused-ring (bicyclic) bond motifs is 1. The first kappa shape index (κ1) is 27.2. The van der Waals surface area contributed by atoms with Gasteiger partial charge in [0.05, 0.1) is 17.4 Å². The number of aliphatic hydroxyl groups is 1. The molecule has 6 rings (SSSR count). The number of nitrogens with zero attached hydrogens (tertiary/aromatic N) is 4. The third-order valence-corrected chi connectivity index (χ3v) is 9.13. The summed E-state index contributed by atoms with van der Waals surface area (Å²) in [6.07, 6.45) is 7.09. The number of halogens is 2. The van der Waals surface area contributed by atoms with Crippen LogP contribution in [-0.2, 0) is 10.2 Å². The van der Waals surface area contributed by atoms with Gasteiger partial charge in [-0.25, -0.2) is 18.7 Å². The van der Waals surface area contributed by atoms with Gasteiger partial charge in [0.15, 0.2) is 5.82 Å². The maximum absolute atomic E-state index is 15.5. The fourth-order valence-electron chi connectivity index (χ4n) is 5.29. The van der Waals surface area contributed by atoms with Gasteiger partial charge in [-0.15, -0.1) is 0 Å². The van der Waals surface area contributed by atoms with E-state index in [9.17, 15) is 22.7 Å². The van der Waals surface area contributed by atoms with Crippen LogP contribution in [0.4, 0.5) is 20.3 Å². The Bertz CT molecular complexity index is 1710. The standard InChI is InChI=1S/C28H28F2N6O4S/c29-22-4-5-23(34-41(39,40)36-9-1-2-10-36)26(30)25(22)27(38)21-16-33-28-20(21)13-18(15-32-28)17-3-6-24(31-14-17)35-11-7-19(37)8-12-35/h3-6,13-16,19,34,37H,1-2,7-12H2,(H,32,33). The molecule has 1 aromatic carbocycles. The van der Waals surface area contributed by atoms with Crippen molar-refractivity contribution in [2.45, 2.75) is 31.8 Å². The summed E-state index contributed by atoms with van der Waals surface area (Å²) in [6, 6.07) is 7.27. The zero-order valence-electron chi connectivity index (χ0n) is 22.0. The third-order valence-electron chi connectivity index (χ3n) is 7.61. The van der Waals surface area contributed by atoms with Crippen molar-refractivity contribution in [1.82, 2.24) is 19.3 Å². The summed E-state index contributed by atoms with van der Waals surface area (Å²) in [5.74, 6) is -2.56. The molecule has 214 valence electrons. The van der Waals surface area contributed by atoms with E-state index in [0.717, 1.165) is 23.5 Å². The van der Waals surface area contributed by atoms with E-state index in [1.54, 1.807) is 18.5 Å². The van der Waals surface area contributed by atoms with Gasteiger partial charge in [-0.1, -0.05) is 0 Å². The lowest BCUT2D eigenvalue weighted by molar-refractivity contribution is 0.103. The highest BCUT2D eigenvalue weighted by atomic mass is 32.2. The quantitative estimate of drug-likeness (QED) is 0.282. The van der Waals surface area contributed by atoms with E-state index in [4.69, 9.17) is 0 Å². The molecule has 0 radical (unpaired) electrons. The van der Waals surface area contributed by atoms with Crippen LogP contribution in [0.25, 0.3) is 22.2 Å². The molecule has 10 nitrogen and oxygen atoms in total. The number of hydrogen-bond acceptors (Lipinski definition) is 7. The average molecular weight is 583 g/mol. The maximum Gasteiger partial charge on any atom is 0.301 e. The highest BCUT2D eigenvalue weighted by Crippen LogP contribution is 2.30. The number of carbonyl (C=O) groups is 1. The predicted molar refractivity (Wildman–Crippen MR) is 150 cm³/mol. The van der Waals surface area contributed by atoms with Gasteiger partial charge in [0.1, 0.15) is 17.3 Å². The third kappa shape index (κ3) is 5.27. The SMILES string of the molecule is O=C(c1c(F)ccc(NS(=O)(=O)N2CCCC2)c1F)c1c[nH]c2ncc(-c3ccc(N4CCC(O)CC4)nc3)cc12. The molecule has 0 bridgehead atoms. The number of aromatic nitrogens is 3. The van der Waals surface area contributed by atoms with Crippen molar-refractivity contribution >= 4 is 38.5 Å². The summed E-state index contributed by atoms with van der Waals surface area (Å²) >= 11 is 0. The number of ketones is 1. The van der Waals surface area contributed by atoms with E-state index in [1.165, 1.54) is 10.5 Å². The first-order valence-electron chi connectivity index (χ1n) is 13.4. The number of carbonyl (C=O) groups excluding carboxylic acids is 1. The Balaban J connectivity index is 1.29. The molecule has 0 atom stereocenters. The van der Waals surface area contributed by atoms with Gasteiger partial charge in [-0.2, -0.15) is 12.7 Å². The largest absolute Gasteiger partial charge is 0.393 e. The van der Waals surface area contributed by atoms with Crippen molar-refractivity contribution in [3.05, 3.63) is 71.7 Å². The zero-order valence-corrected chi connectivity index (χ0v) is 22.8. The Morgan fingerprint density at radius 3 is 2.44 bits per heavy atom. The lowest BCUT2D eigenvalue weighted by Gasteiger charge is -2.30. The minimum absolute atomic E-state index is 0.0110. The van der Waals surface area contributed by atoms with Crippen molar-refractivity contribution in [3.63, 3.8) is 0 Å². The Labute approximate surface area is 235 Å². The molecule has 0 saturated carbocycles. The summed E-state index contributed by atoms with van der Waals surface area (Å²) in [6.45, 7) is 2.03. The fourth-order valence-corrected chi connectivity index (χ4v) is 6.60. The molecule has 3 aromatic heterocycles. The summed E-state index contributed by atoms with van der Waals surface area (Å²) < 4.78 is 59.0. The first-order valence-corrected chi connectivity index (χ1v) is 14.8. The number of anilines is 2. The number of rotatable bonds is 7. The molecule has 13 heteroatoms. The van der Waals surface area contributed by atoms with Gasteiger partial charge in [0.2, 0.25) is 5.78 Å². The van der Waals surface area contributed by atoms with Gasteiger partial charge in [-0.3, -0.25) is 9.52 Å². The molecule has 0 amide bonds. The zero-order chi connectivity index (χ0) is 28.7. The first-order chi connectivity index (χ1) is 19.7. The van der Waals surface area contributed by atoms with Crippen molar-refractivity contribution in [3.8, 4) is 11.1 Å². The van der Waals surface area contributed by atoms with E-state index < -0.39 is 38.9 Å². The Hall–Kier alpha value is -3.94. The minimum atomic E-state index is -4.06. The topological polar surface area (TPSA) is 132 Å².